The summed E-state index contributed by atoms with van der Waals surface area (Å²) in [4.78, 5) is 16.3. The maximum Gasteiger partial charge on any atom is 0.255 e. The molecule has 1 aliphatic rings. The van der Waals surface area contributed by atoms with Crippen LogP contribution in [0.4, 0.5) is 5.69 Å². The fraction of sp³-hybridized carbons (Fsp3) is 0.333. The lowest BCUT2D eigenvalue weighted by molar-refractivity contribution is -0.142. The molecule has 1 atom stereocenters. The molecule has 6 heteroatoms. The average molecular weight is 328 g/mol. The van der Waals surface area contributed by atoms with Crippen LogP contribution in [0.2, 0.25) is 0 Å². The van der Waals surface area contributed by atoms with Crippen LogP contribution in [0.15, 0.2) is 42.6 Å². The van der Waals surface area contributed by atoms with Crippen molar-refractivity contribution in [3.63, 3.8) is 0 Å². The minimum absolute atomic E-state index is 0.235. The number of hydrogen-bond donors (Lipinski definition) is 1. The number of carbonyl (C=O) groups is 1. The van der Waals surface area contributed by atoms with Crippen molar-refractivity contribution in [2.45, 2.75) is 19.4 Å². The van der Waals surface area contributed by atoms with Crippen LogP contribution in [0.3, 0.4) is 0 Å². The van der Waals surface area contributed by atoms with Gasteiger partial charge in [0.15, 0.2) is 6.10 Å². The molecular weight excluding hydrogens is 308 g/mol. The van der Waals surface area contributed by atoms with Crippen molar-refractivity contribution < 1.29 is 19.0 Å². The van der Waals surface area contributed by atoms with Crippen molar-refractivity contribution in [3.05, 3.63) is 48.2 Å². The first-order valence-corrected chi connectivity index (χ1v) is 7.97. The lowest BCUT2D eigenvalue weighted by Gasteiger charge is -2.21. The number of nitrogens with zero attached hydrogens (tertiary/aromatic N) is 1. The number of nitrogens with one attached hydrogen (secondary N) is 1. The van der Waals surface area contributed by atoms with Gasteiger partial charge >= 0.3 is 0 Å². The van der Waals surface area contributed by atoms with Gasteiger partial charge in [-0.05, 0) is 30.2 Å². The Kier molecular flexibility index (Phi) is 5.40. The summed E-state index contributed by atoms with van der Waals surface area (Å²) >= 11 is 0. The van der Waals surface area contributed by atoms with Gasteiger partial charge < -0.3 is 19.5 Å². The molecule has 0 unspecified atom stereocenters. The minimum atomic E-state index is -0.577. The zero-order valence-corrected chi connectivity index (χ0v) is 13.5. The average Bonchev–Trinajstić information content (AvgIpc) is 2.64. The van der Waals surface area contributed by atoms with Crippen LogP contribution in [0.5, 0.6) is 11.6 Å². The van der Waals surface area contributed by atoms with Gasteiger partial charge in [-0.2, -0.15) is 0 Å². The van der Waals surface area contributed by atoms with Gasteiger partial charge in [-0.15, -0.1) is 0 Å². The van der Waals surface area contributed by atoms with Gasteiger partial charge in [-0.1, -0.05) is 19.1 Å². The molecule has 1 aliphatic heterocycles. The Morgan fingerprint density at radius 3 is 2.96 bits per heavy atom. The van der Waals surface area contributed by atoms with Gasteiger partial charge in [0.05, 0.1) is 31.7 Å². The zero-order valence-electron chi connectivity index (χ0n) is 13.5. The Balaban J connectivity index is 1.59. The fourth-order valence-electron chi connectivity index (χ4n) is 2.33. The Hall–Kier alpha value is -2.44. The number of pyridine rings is 1. The summed E-state index contributed by atoms with van der Waals surface area (Å²) < 4.78 is 16.3. The third-order valence-corrected chi connectivity index (χ3v) is 3.64. The lowest BCUT2D eigenvalue weighted by Crippen LogP contribution is -2.39. The van der Waals surface area contributed by atoms with E-state index in [0.717, 1.165) is 12.2 Å². The summed E-state index contributed by atoms with van der Waals surface area (Å²) in [5.41, 5.74) is 1.79. The summed E-state index contributed by atoms with van der Waals surface area (Å²) in [6.07, 6.45) is 1.93. The van der Waals surface area contributed by atoms with Crippen LogP contribution in [0, 0.1) is 0 Å². The summed E-state index contributed by atoms with van der Waals surface area (Å²) in [5.74, 6) is 0.978. The summed E-state index contributed by atoms with van der Waals surface area (Å²) in [5, 5.41) is 2.76. The highest BCUT2D eigenvalue weighted by molar-refractivity contribution is 5.94. The van der Waals surface area contributed by atoms with E-state index in [9.17, 15) is 4.79 Å². The molecule has 6 nitrogen and oxygen atoms in total. The van der Waals surface area contributed by atoms with Crippen molar-refractivity contribution in [2.24, 2.45) is 0 Å². The van der Waals surface area contributed by atoms with Gasteiger partial charge in [0.1, 0.15) is 5.75 Å². The number of amides is 1. The molecule has 0 bridgehead atoms. The number of hydrogen-bond acceptors (Lipinski definition) is 5. The third kappa shape index (κ3) is 4.31. The second kappa shape index (κ2) is 7.90. The number of aryl methyl sites for hydroxylation is 1. The lowest BCUT2D eigenvalue weighted by atomic mass is 10.2. The van der Waals surface area contributed by atoms with Crippen LogP contribution >= 0.6 is 0 Å². The van der Waals surface area contributed by atoms with Crippen molar-refractivity contribution in [1.82, 2.24) is 4.98 Å². The van der Waals surface area contributed by atoms with E-state index in [2.05, 4.69) is 23.3 Å². The third-order valence-electron chi connectivity index (χ3n) is 3.64. The number of ether oxygens (including phenoxy) is 3. The van der Waals surface area contributed by atoms with Crippen molar-refractivity contribution in [3.8, 4) is 11.6 Å². The normalized spacial score (nSPS) is 17.3. The zero-order chi connectivity index (χ0) is 16.8. The fourth-order valence-corrected chi connectivity index (χ4v) is 2.33. The van der Waals surface area contributed by atoms with Crippen LogP contribution < -0.4 is 10.1 Å². The van der Waals surface area contributed by atoms with E-state index in [4.69, 9.17) is 14.2 Å². The molecule has 24 heavy (non-hydrogen) atoms. The Labute approximate surface area is 140 Å². The second-order valence-electron chi connectivity index (χ2n) is 5.41. The molecule has 1 aromatic heterocycles. The molecule has 2 aromatic rings. The predicted octanol–water partition coefficient (Wildman–Crippen LogP) is 2.79. The minimum Gasteiger partial charge on any atom is -0.439 e. The molecule has 1 amide bonds. The maximum atomic E-state index is 12.0. The molecule has 0 saturated carbocycles. The van der Waals surface area contributed by atoms with E-state index in [1.807, 2.05) is 18.2 Å². The molecule has 1 fully saturated rings. The molecule has 1 saturated heterocycles. The van der Waals surface area contributed by atoms with Gasteiger partial charge in [-0.25, -0.2) is 4.98 Å². The first-order chi connectivity index (χ1) is 11.7. The summed E-state index contributed by atoms with van der Waals surface area (Å²) in [7, 11) is 0. The molecule has 0 spiro atoms. The smallest absolute Gasteiger partial charge is 0.255 e. The van der Waals surface area contributed by atoms with Gasteiger partial charge in [-0.3, -0.25) is 4.79 Å². The number of aromatic nitrogens is 1. The van der Waals surface area contributed by atoms with Crippen LogP contribution in [0.25, 0.3) is 0 Å². The molecule has 126 valence electrons. The quantitative estimate of drug-likeness (QED) is 0.914. The van der Waals surface area contributed by atoms with E-state index in [-0.39, 0.29) is 12.5 Å². The van der Waals surface area contributed by atoms with Crippen LogP contribution in [0.1, 0.15) is 12.5 Å². The standard InChI is InChI=1S/C18H20N2O4/c1-2-13-4-3-5-15(10-13)24-17-7-6-14(11-19-17)20-18(21)16-12-22-8-9-23-16/h3-7,10-11,16H,2,8-9,12H2,1H3,(H,20,21)/t16-/m1/s1. The number of carbonyl (C=O) groups excluding carboxylic acids is 1. The van der Waals surface area contributed by atoms with Crippen LogP contribution in [-0.2, 0) is 20.7 Å². The highest BCUT2D eigenvalue weighted by atomic mass is 16.6. The molecule has 3 rings (SSSR count). The topological polar surface area (TPSA) is 69.7 Å². The highest BCUT2D eigenvalue weighted by Gasteiger charge is 2.22. The SMILES string of the molecule is CCc1cccc(Oc2ccc(NC(=O)[C@H]3COCCO3)cn2)c1. The van der Waals surface area contributed by atoms with E-state index in [1.54, 1.807) is 18.3 Å². The van der Waals surface area contributed by atoms with Gasteiger partial charge in [0.2, 0.25) is 5.88 Å². The van der Waals surface area contributed by atoms with E-state index < -0.39 is 6.10 Å². The highest BCUT2D eigenvalue weighted by Crippen LogP contribution is 2.22. The first-order valence-electron chi connectivity index (χ1n) is 7.97. The molecular formula is C18H20N2O4. The molecule has 1 N–H and O–H groups in total. The summed E-state index contributed by atoms with van der Waals surface area (Å²) in [6, 6.07) is 11.3. The first kappa shape index (κ1) is 16.4. The molecule has 0 aliphatic carbocycles. The Morgan fingerprint density at radius 2 is 2.25 bits per heavy atom. The predicted molar refractivity (Wildman–Crippen MR) is 89.3 cm³/mol. The Bertz CT molecular complexity index is 682. The van der Waals surface area contributed by atoms with E-state index >= 15 is 0 Å². The maximum absolute atomic E-state index is 12.0. The van der Waals surface area contributed by atoms with Gasteiger partial charge in [0.25, 0.3) is 5.91 Å². The van der Waals surface area contributed by atoms with Crippen molar-refractivity contribution >= 4 is 11.6 Å². The summed E-state index contributed by atoms with van der Waals surface area (Å²) in [6.45, 7) is 3.32. The van der Waals surface area contributed by atoms with Crippen LogP contribution in [-0.4, -0.2) is 36.8 Å². The van der Waals surface area contributed by atoms with Crippen molar-refractivity contribution in [2.75, 3.05) is 25.1 Å². The van der Waals surface area contributed by atoms with Crippen molar-refractivity contribution in [1.29, 1.82) is 0 Å². The van der Waals surface area contributed by atoms with E-state index in [0.29, 0.717) is 24.8 Å². The van der Waals surface area contributed by atoms with Gasteiger partial charge in [0, 0.05) is 6.07 Å². The van der Waals surface area contributed by atoms with E-state index in [1.165, 1.54) is 5.56 Å². The monoisotopic (exact) mass is 328 g/mol. The molecule has 2 heterocycles. The number of benzene rings is 1. The number of rotatable bonds is 5. The Morgan fingerprint density at radius 1 is 1.33 bits per heavy atom. The molecule has 0 radical (unpaired) electrons. The second-order valence-corrected chi connectivity index (χ2v) is 5.41. The largest absolute Gasteiger partial charge is 0.439 e. The molecule has 1 aromatic carbocycles. The number of anilines is 1.